The van der Waals surface area contributed by atoms with Crippen LogP contribution >= 0.6 is 15.9 Å². The molecule has 0 saturated carbocycles. The van der Waals surface area contributed by atoms with Crippen LogP contribution in [0.4, 0.5) is 18.9 Å². The van der Waals surface area contributed by atoms with Crippen molar-refractivity contribution in [2.75, 3.05) is 5.32 Å². The maximum absolute atomic E-state index is 13.6. The smallest absolute Gasteiger partial charge is 0.261 e. The third-order valence-corrected chi connectivity index (χ3v) is 3.15. The van der Waals surface area contributed by atoms with Gasteiger partial charge in [-0.05, 0) is 30.7 Å². The molecule has 0 radical (unpaired) electrons. The number of hydrogen-bond donors (Lipinski definition) is 1. The zero-order chi connectivity index (χ0) is 14.9. The average molecular weight is 344 g/mol. The average Bonchev–Trinajstić information content (AvgIpc) is 2.32. The van der Waals surface area contributed by atoms with Crippen molar-refractivity contribution in [3.05, 3.63) is 63.4 Å². The normalized spacial score (nSPS) is 10.4. The first-order valence-corrected chi connectivity index (χ1v) is 6.40. The fourth-order valence-electron chi connectivity index (χ4n) is 1.73. The Labute approximate surface area is 121 Å². The maximum Gasteiger partial charge on any atom is 0.261 e. The van der Waals surface area contributed by atoms with E-state index in [1.807, 2.05) is 0 Å². The van der Waals surface area contributed by atoms with E-state index >= 15 is 0 Å². The van der Waals surface area contributed by atoms with E-state index in [2.05, 4.69) is 21.2 Å². The van der Waals surface area contributed by atoms with Gasteiger partial charge in [0, 0.05) is 4.47 Å². The Morgan fingerprint density at radius 3 is 2.25 bits per heavy atom. The minimum Gasteiger partial charge on any atom is -0.319 e. The third kappa shape index (κ3) is 2.85. The van der Waals surface area contributed by atoms with E-state index in [0.717, 1.165) is 18.2 Å². The number of para-hydroxylation sites is 1. The van der Waals surface area contributed by atoms with Crippen LogP contribution in [0.1, 0.15) is 15.9 Å². The molecule has 0 spiro atoms. The molecule has 0 aromatic heterocycles. The Hall–Kier alpha value is -1.82. The van der Waals surface area contributed by atoms with Crippen molar-refractivity contribution in [1.29, 1.82) is 0 Å². The lowest BCUT2D eigenvalue weighted by molar-refractivity contribution is 0.101. The summed E-state index contributed by atoms with van der Waals surface area (Å²) in [6.45, 7) is 1.58. The van der Waals surface area contributed by atoms with Gasteiger partial charge >= 0.3 is 0 Å². The van der Waals surface area contributed by atoms with E-state index in [1.165, 1.54) is 6.07 Å². The third-order valence-electron chi connectivity index (χ3n) is 2.69. The first kappa shape index (κ1) is 14.6. The number of anilines is 1. The second-order valence-corrected chi connectivity index (χ2v) is 5.05. The Bertz CT molecular complexity index is 645. The molecule has 0 aliphatic heterocycles. The molecule has 0 saturated heterocycles. The number of rotatable bonds is 2. The molecule has 0 fully saturated rings. The molecule has 2 aromatic rings. The van der Waals surface area contributed by atoms with Gasteiger partial charge in [0.25, 0.3) is 5.91 Å². The quantitative estimate of drug-likeness (QED) is 0.858. The van der Waals surface area contributed by atoms with Gasteiger partial charge in [-0.25, -0.2) is 13.2 Å². The molecule has 2 rings (SSSR count). The molecule has 0 atom stereocenters. The van der Waals surface area contributed by atoms with Gasteiger partial charge in [0.1, 0.15) is 23.0 Å². The van der Waals surface area contributed by atoms with Crippen LogP contribution in [0.15, 0.2) is 34.8 Å². The number of amides is 1. The number of benzene rings is 2. The van der Waals surface area contributed by atoms with Gasteiger partial charge in [-0.1, -0.05) is 28.1 Å². The Kier molecular flexibility index (Phi) is 4.13. The first-order chi connectivity index (χ1) is 9.40. The number of hydrogen-bond acceptors (Lipinski definition) is 1. The van der Waals surface area contributed by atoms with Crippen molar-refractivity contribution in [3.8, 4) is 0 Å². The number of halogens is 4. The Morgan fingerprint density at radius 2 is 1.70 bits per heavy atom. The summed E-state index contributed by atoms with van der Waals surface area (Å²) >= 11 is 2.91. The molecule has 6 heteroatoms. The molecule has 0 aliphatic rings. The van der Waals surface area contributed by atoms with Crippen LogP contribution in [0.2, 0.25) is 0 Å². The molecule has 1 N–H and O–H groups in total. The fraction of sp³-hybridized carbons (Fsp3) is 0.0714. The second kappa shape index (κ2) is 5.66. The lowest BCUT2D eigenvalue weighted by Crippen LogP contribution is -2.17. The molecule has 20 heavy (non-hydrogen) atoms. The standard InChI is InChI=1S/C14H9BrF3NO/c1-7-3-2-4-9(16)13(7)19-14(20)12-10(17)5-8(15)6-11(12)18/h2-6H,1H3,(H,19,20). The van der Waals surface area contributed by atoms with Gasteiger partial charge in [0.2, 0.25) is 0 Å². The monoisotopic (exact) mass is 343 g/mol. The molecule has 0 unspecified atom stereocenters. The molecule has 104 valence electrons. The zero-order valence-electron chi connectivity index (χ0n) is 10.3. The van der Waals surface area contributed by atoms with Crippen LogP contribution in [0.5, 0.6) is 0 Å². The molecular formula is C14H9BrF3NO. The van der Waals surface area contributed by atoms with Crippen LogP contribution in [0.3, 0.4) is 0 Å². The molecule has 0 heterocycles. The first-order valence-electron chi connectivity index (χ1n) is 5.61. The van der Waals surface area contributed by atoms with E-state index < -0.39 is 28.9 Å². The summed E-state index contributed by atoms with van der Waals surface area (Å²) in [5.74, 6) is -3.76. The van der Waals surface area contributed by atoms with E-state index in [1.54, 1.807) is 13.0 Å². The number of aryl methyl sites for hydroxylation is 1. The van der Waals surface area contributed by atoms with Crippen molar-refractivity contribution in [2.24, 2.45) is 0 Å². The Morgan fingerprint density at radius 1 is 1.10 bits per heavy atom. The predicted molar refractivity (Wildman–Crippen MR) is 73.1 cm³/mol. The SMILES string of the molecule is Cc1cccc(F)c1NC(=O)c1c(F)cc(Br)cc1F. The molecular weight excluding hydrogens is 335 g/mol. The minimum absolute atomic E-state index is 0.0979. The van der Waals surface area contributed by atoms with E-state index in [9.17, 15) is 18.0 Å². The second-order valence-electron chi connectivity index (χ2n) is 4.13. The van der Waals surface area contributed by atoms with Crippen LogP contribution in [-0.4, -0.2) is 5.91 Å². The fourth-order valence-corrected chi connectivity index (χ4v) is 2.13. The highest BCUT2D eigenvalue weighted by atomic mass is 79.9. The van der Waals surface area contributed by atoms with E-state index in [4.69, 9.17) is 0 Å². The van der Waals surface area contributed by atoms with Crippen LogP contribution in [-0.2, 0) is 0 Å². The highest BCUT2D eigenvalue weighted by molar-refractivity contribution is 9.10. The molecule has 2 aromatic carbocycles. The van der Waals surface area contributed by atoms with Crippen LogP contribution in [0, 0.1) is 24.4 Å². The van der Waals surface area contributed by atoms with Crippen molar-refractivity contribution < 1.29 is 18.0 Å². The summed E-state index contributed by atoms with van der Waals surface area (Å²) in [4.78, 5) is 11.9. The predicted octanol–water partition coefficient (Wildman–Crippen LogP) is 4.43. The van der Waals surface area contributed by atoms with E-state index in [0.29, 0.717) is 5.56 Å². The molecule has 1 amide bonds. The summed E-state index contributed by atoms with van der Waals surface area (Å²) in [6, 6.07) is 6.13. The largest absolute Gasteiger partial charge is 0.319 e. The van der Waals surface area contributed by atoms with Gasteiger partial charge in [-0.3, -0.25) is 4.79 Å². The van der Waals surface area contributed by atoms with Crippen molar-refractivity contribution in [3.63, 3.8) is 0 Å². The highest BCUT2D eigenvalue weighted by Crippen LogP contribution is 2.23. The van der Waals surface area contributed by atoms with E-state index in [-0.39, 0.29) is 10.2 Å². The summed E-state index contributed by atoms with van der Waals surface area (Å²) in [5, 5.41) is 2.19. The van der Waals surface area contributed by atoms with Crippen molar-refractivity contribution in [1.82, 2.24) is 0 Å². The van der Waals surface area contributed by atoms with Gasteiger partial charge < -0.3 is 5.32 Å². The summed E-state index contributed by atoms with van der Waals surface area (Å²) in [7, 11) is 0. The summed E-state index contributed by atoms with van der Waals surface area (Å²) < 4.78 is 41.0. The lowest BCUT2D eigenvalue weighted by Gasteiger charge is -2.10. The van der Waals surface area contributed by atoms with Crippen molar-refractivity contribution >= 4 is 27.5 Å². The van der Waals surface area contributed by atoms with Crippen molar-refractivity contribution in [2.45, 2.75) is 6.92 Å². The number of nitrogens with one attached hydrogen (secondary N) is 1. The molecule has 0 aliphatic carbocycles. The van der Waals surface area contributed by atoms with Gasteiger partial charge in [-0.15, -0.1) is 0 Å². The maximum atomic E-state index is 13.6. The van der Waals surface area contributed by atoms with Crippen LogP contribution in [0.25, 0.3) is 0 Å². The highest BCUT2D eigenvalue weighted by Gasteiger charge is 2.20. The molecule has 0 bridgehead atoms. The minimum atomic E-state index is -1.04. The van der Waals surface area contributed by atoms with Gasteiger partial charge in [0.05, 0.1) is 5.69 Å². The topological polar surface area (TPSA) is 29.1 Å². The summed E-state index contributed by atoms with van der Waals surface area (Å²) in [5.41, 5.74) is -0.397. The van der Waals surface area contributed by atoms with Gasteiger partial charge in [0.15, 0.2) is 0 Å². The molecule has 2 nitrogen and oxygen atoms in total. The number of carbonyl (C=O) groups excluding carboxylic acids is 1. The zero-order valence-corrected chi connectivity index (χ0v) is 11.9. The Balaban J connectivity index is 2.39. The van der Waals surface area contributed by atoms with Crippen LogP contribution < -0.4 is 5.32 Å². The number of carbonyl (C=O) groups is 1. The summed E-state index contributed by atoms with van der Waals surface area (Å²) in [6.07, 6.45) is 0. The lowest BCUT2D eigenvalue weighted by atomic mass is 10.1. The van der Waals surface area contributed by atoms with Gasteiger partial charge in [-0.2, -0.15) is 0 Å².